The van der Waals surface area contributed by atoms with Gasteiger partial charge in [0.1, 0.15) is 0 Å². The largest absolute Gasteiger partial charge is 0.276 e. The summed E-state index contributed by atoms with van der Waals surface area (Å²) in [5, 5.41) is 10.4. The van der Waals surface area contributed by atoms with E-state index in [-0.39, 0.29) is 5.56 Å². The van der Waals surface area contributed by atoms with E-state index in [1.807, 2.05) is 49.6 Å². The molecule has 23 heavy (non-hydrogen) atoms. The van der Waals surface area contributed by atoms with Crippen LogP contribution in [0.4, 0.5) is 0 Å². The minimum atomic E-state index is -0.0571. The highest BCUT2D eigenvalue weighted by Crippen LogP contribution is 2.19. The van der Waals surface area contributed by atoms with Gasteiger partial charge in [0, 0.05) is 10.4 Å². The fourth-order valence-corrected chi connectivity index (χ4v) is 4.23. The smallest absolute Gasteiger partial charge is 0.267 e. The van der Waals surface area contributed by atoms with Gasteiger partial charge in [-0.2, -0.15) is 0 Å². The van der Waals surface area contributed by atoms with Crippen LogP contribution in [0, 0.1) is 13.8 Å². The number of nitrogens with zero attached hydrogens (tertiary/aromatic N) is 3. The van der Waals surface area contributed by atoms with Crippen molar-refractivity contribution in [2.45, 2.75) is 13.8 Å². The number of aryl methyl sites for hydroxylation is 2. The Morgan fingerprint density at radius 1 is 1.09 bits per heavy atom. The maximum Gasteiger partial charge on any atom is 0.276 e. The van der Waals surface area contributed by atoms with Gasteiger partial charge in [-0.25, -0.2) is 4.40 Å². The van der Waals surface area contributed by atoms with Gasteiger partial charge < -0.3 is 0 Å². The molecule has 4 rings (SSSR count). The molecule has 0 fully saturated rings. The van der Waals surface area contributed by atoms with Crippen molar-refractivity contribution in [3.8, 4) is 11.4 Å². The van der Waals surface area contributed by atoms with Crippen LogP contribution in [0.15, 0.2) is 40.5 Å². The van der Waals surface area contributed by atoms with Crippen LogP contribution in [0.2, 0.25) is 0 Å². The van der Waals surface area contributed by atoms with Gasteiger partial charge in [-0.1, -0.05) is 41.2 Å². The SMILES string of the molecule is Cc1ccc(-c2nnc3s/c(=C\c4sccc4C)c(=O)n23)cc1. The maximum absolute atomic E-state index is 12.8. The molecule has 0 spiro atoms. The van der Waals surface area contributed by atoms with E-state index in [9.17, 15) is 4.79 Å². The lowest BCUT2D eigenvalue weighted by Gasteiger charge is -1.97. The van der Waals surface area contributed by atoms with Crippen molar-refractivity contribution >= 4 is 33.7 Å². The first kappa shape index (κ1) is 14.3. The van der Waals surface area contributed by atoms with Crippen molar-refractivity contribution in [2.75, 3.05) is 0 Å². The molecule has 0 atom stereocenters. The summed E-state index contributed by atoms with van der Waals surface area (Å²) in [6, 6.07) is 10.0. The van der Waals surface area contributed by atoms with Crippen LogP contribution in [0.3, 0.4) is 0 Å². The third-order valence-corrected chi connectivity index (χ3v) is 5.65. The average molecular weight is 339 g/mol. The van der Waals surface area contributed by atoms with Crippen molar-refractivity contribution in [1.82, 2.24) is 14.6 Å². The predicted molar refractivity (Wildman–Crippen MR) is 95.1 cm³/mol. The van der Waals surface area contributed by atoms with Crippen LogP contribution in [-0.4, -0.2) is 14.6 Å². The van der Waals surface area contributed by atoms with E-state index in [1.54, 1.807) is 15.7 Å². The molecule has 0 aliphatic rings. The second kappa shape index (κ2) is 5.40. The minimum absolute atomic E-state index is 0.0571. The monoisotopic (exact) mass is 339 g/mol. The molecular weight excluding hydrogens is 326 g/mol. The van der Waals surface area contributed by atoms with Crippen molar-refractivity contribution in [3.63, 3.8) is 0 Å². The van der Waals surface area contributed by atoms with Crippen LogP contribution in [0.25, 0.3) is 22.4 Å². The summed E-state index contributed by atoms with van der Waals surface area (Å²) >= 11 is 3.01. The first-order valence-electron chi connectivity index (χ1n) is 7.14. The third-order valence-electron chi connectivity index (χ3n) is 3.72. The minimum Gasteiger partial charge on any atom is -0.267 e. The van der Waals surface area contributed by atoms with Crippen molar-refractivity contribution < 1.29 is 0 Å². The Morgan fingerprint density at radius 2 is 1.87 bits per heavy atom. The summed E-state index contributed by atoms with van der Waals surface area (Å²) in [4.78, 5) is 14.5. The topological polar surface area (TPSA) is 47.3 Å². The van der Waals surface area contributed by atoms with E-state index >= 15 is 0 Å². The highest BCUT2D eigenvalue weighted by molar-refractivity contribution is 7.15. The molecule has 3 aromatic heterocycles. The number of hydrogen-bond acceptors (Lipinski definition) is 5. The van der Waals surface area contributed by atoms with Gasteiger partial charge in [0.15, 0.2) is 5.82 Å². The number of hydrogen-bond donors (Lipinski definition) is 0. The highest BCUT2D eigenvalue weighted by Gasteiger charge is 2.14. The molecule has 0 N–H and O–H groups in total. The number of aromatic nitrogens is 3. The molecule has 0 unspecified atom stereocenters. The van der Waals surface area contributed by atoms with E-state index < -0.39 is 0 Å². The molecule has 0 amide bonds. The predicted octanol–water partition coefficient (Wildman–Crippen LogP) is 3.04. The molecule has 4 nitrogen and oxygen atoms in total. The Bertz CT molecular complexity index is 1100. The Kier molecular flexibility index (Phi) is 3.36. The molecule has 114 valence electrons. The quantitative estimate of drug-likeness (QED) is 0.564. The van der Waals surface area contributed by atoms with Gasteiger partial charge >= 0.3 is 0 Å². The lowest BCUT2D eigenvalue weighted by Crippen LogP contribution is -2.23. The van der Waals surface area contributed by atoms with Crippen LogP contribution >= 0.6 is 22.7 Å². The van der Waals surface area contributed by atoms with Crippen molar-refractivity contribution in [2.24, 2.45) is 0 Å². The molecule has 0 aliphatic heterocycles. The van der Waals surface area contributed by atoms with Crippen LogP contribution < -0.4 is 10.1 Å². The molecular formula is C17H13N3OS2. The molecule has 0 saturated carbocycles. The van der Waals surface area contributed by atoms with E-state index in [0.29, 0.717) is 15.3 Å². The first-order chi connectivity index (χ1) is 11.1. The van der Waals surface area contributed by atoms with Gasteiger partial charge in [-0.05, 0) is 36.9 Å². The number of thiophene rings is 1. The lowest BCUT2D eigenvalue weighted by atomic mass is 10.1. The summed E-state index contributed by atoms with van der Waals surface area (Å²) in [7, 11) is 0. The van der Waals surface area contributed by atoms with Gasteiger partial charge in [0.05, 0.1) is 4.53 Å². The second-order valence-corrected chi connectivity index (χ2v) is 7.35. The first-order valence-corrected chi connectivity index (χ1v) is 8.84. The number of thiazole rings is 1. The molecule has 1 aromatic carbocycles. The van der Waals surface area contributed by atoms with E-state index in [1.165, 1.54) is 22.5 Å². The fraction of sp³-hybridized carbons (Fsp3) is 0.118. The average Bonchev–Trinajstić information content (AvgIpc) is 3.20. The zero-order valence-corrected chi connectivity index (χ0v) is 14.2. The van der Waals surface area contributed by atoms with E-state index in [2.05, 4.69) is 16.3 Å². The van der Waals surface area contributed by atoms with Crippen LogP contribution in [0.1, 0.15) is 16.0 Å². The number of benzene rings is 1. The highest BCUT2D eigenvalue weighted by atomic mass is 32.1. The molecule has 0 aliphatic carbocycles. The molecule has 6 heteroatoms. The molecule has 0 bridgehead atoms. The summed E-state index contributed by atoms with van der Waals surface area (Å²) in [5.74, 6) is 0.601. The maximum atomic E-state index is 12.8. The van der Waals surface area contributed by atoms with Crippen LogP contribution in [0.5, 0.6) is 0 Å². The van der Waals surface area contributed by atoms with E-state index in [0.717, 1.165) is 10.4 Å². The van der Waals surface area contributed by atoms with E-state index in [4.69, 9.17) is 0 Å². The Balaban J connectivity index is 1.94. The summed E-state index contributed by atoms with van der Waals surface area (Å²) < 4.78 is 2.29. The normalized spacial score (nSPS) is 12.3. The summed E-state index contributed by atoms with van der Waals surface area (Å²) in [5.41, 5.74) is 3.19. The van der Waals surface area contributed by atoms with Gasteiger partial charge in [0.25, 0.3) is 5.56 Å². The Morgan fingerprint density at radius 3 is 2.57 bits per heavy atom. The molecule has 0 radical (unpaired) electrons. The van der Waals surface area contributed by atoms with Gasteiger partial charge in [0.2, 0.25) is 4.96 Å². The number of fused-ring (bicyclic) bond motifs is 1. The Labute approximate surface area is 140 Å². The standard InChI is InChI=1S/C17H13N3OS2/c1-10-3-5-12(6-4-10)15-18-19-17-20(15)16(21)14(23-17)9-13-11(2)7-8-22-13/h3-9H,1-2H3/b14-9-. The zero-order valence-electron chi connectivity index (χ0n) is 12.6. The van der Waals surface area contributed by atoms with Gasteiger partial charge in [-0.3, -0.25) is 4.79 Å². The van der Waals surface area contributed by atoms with Crippen molar-refractivity contribution in [1.29, 1.82) is 0 Å². The lowest BCUT2D eigenvalue weighted by molar-refractivity contribution is 1.09. The number of rotatable bonds is 2. The van der Waals surface area contributed by atoms with Gasteiger partial charge in [-0.15, -0.1) is 21.5 Å². The second-order valence-electron chi connectivity index (χ2n) is 5.39. The van der Waals surface area contributed by atoms with Crippen molar-refractivity contribution in [3.05, 3.63) is 66.6 Å². The van der Waals surface area contributed by atoms with Crippen LogP contribution in [-0.2, 0) is 0 Å². The third kappa shape index (κ3) is 2.40. The fourth-order valence-electron chi connectivity index (χ4n) is 2.40. The summed E-state index contributed by atoms with van der Waals surface area (Å²) in [6.45, 7) is 4.08. The summed E-state index contributed by atoms with van der Waals surface area (Å²) in [6.07, 6.45) is 1.95. The zero-order chi connectivity index (χ0) is 16.0. The molecule has 4 aromatic rings. The molecule has 0 saturated heterocycles. The molecule has 3 heterocycles. The Hall–Kier alpha value is -2.31.